The lowest BCUT2D eigenvalue weighted by Gasteiger charge is -2.50. The van der Waals surface area contributed by atoms with Crippen molar-refractivity contribution in [2.45, 2.75) is 25.7 Å². The van der Waals surface area contributed by atoms with Crippen LogP contribution in [0.1, 0.15) is 31.2 Å². The largest absolute Gasteiger partial charge is 0.495 e. The van der Waals surface area contributed by atoms with Crippen LogP contribution in [0.4, 0.5) is 5.69 Å². The van der Waals surface area contributed by atoms with Crippen molar-refractivity contribution in [3.05, 3.63) is 23.8 Å². The molecule has 1 aromatic rings. The highest BCUT2D eigenvalue weighted by molar-refractivity contribution is 5.69. The van der Waals surface area contributed by atoms with Gasteiger partial charge in [-0.25, -0.2) is 0 Å². The first-order chi connectivity index (χ1) is 8.78. The first kappa shape index (κ1) is 11.4. The smallest absolute Gasteiger partial charge is 0.143 e. The van der Waals surface area contributed by atoms with Crippen LogP contribution in [0.25, 0.3) is 0 Å². The second-order valence-corrected chi connectivity index (χ2v) is 5.53. The number of hydrogen-bond donors (Lipinski definition) is 0. The summed E-state index contributed by atoms with van der Waals surface area (Å²) in [5.41, 5.74) is 2.25. The number of para-hydroxylation sites is 1. The zero-order valence-electron chi connectivity index (χ0n) is 10.8. The lowest BCUT2D eigenvalue weighted by atomic mass is 9.77. The summed E-state index contributed by atoms with van der Waals surface area (Å²) in [4.78, 5) is 2.31. The van der Waals surface area contributed by atoms with Crippen LogP contribution in [0.3, 0.4) is 0 Å². The minimum atomic E-state index is 0.535. The highest BCUT2D eigenvalue weighted by Gasteiger charge is 2.45. The molecule has 2 fully saturated rings. The third-order valence-corrected chi connectivity index (χ3v) is 4.37. The Bertz CT molecular complexity index is 490. The number of hydrogen-bond acceptors (Lipinski definition) is 3. The molecule has 0 bridgehead atoms. The molecule has 0 N–H and O–H groups in total. The maximum atomic E-state index is 9.23. The average molecular weight is 242 g/mol. The fraction of sp³-hybridized carbons (Fsp3) is 0.533. The van der Waals surface area contributed by atoms with Crippen molar-refractivity contribution in [3.8, 4) is 11.8 Å². The molecule has 1 spiro atoms. The minimum Gasteiger partial charge on any atom is -0.495 e. The maximum Gasteiger partial charge on any atom is 0.143 e. The van der Waals surface area contributed by atoms with Gasteiger partial charge in [0.15, 0.2) is 0 Å². The second-order valence-electron chi connectivity index (χ2n) is 5.53. The van der Waals surface area contributed by atoms with Crippen molar-refractivity contribution in [3.63, 3.8) is 0 Å². The molecule has 3 rings (SSSR count). The highest BCUT2D eigenvalue weighted by Crippen LogP contribution is 2.49. The summed E-state index contributed by atoms with van der Waals surface area (Å²) in [5.74, 6) is 0.821. The molecule has 3 nitrogen and oxygen atoms in total. The van der Waals surface area contributed by atoms with Gasteiger partial charge in [-0.3, -0.25) is 0 Å². The zero-order valence-corrected chi connectivity index (χ0v) is 10.8. The molecule has 94 valence electrons. The van der Waals surface area contributed by atoms with Gasteiger partial charge in [-0.1, -0.05) is 18.9 Å². The third-order valence-electron chi connectivity index (χ3n) is 4.37. The van der Waals surface area contributed by atoms with Gasteiger partial charge in [-0.05, 0) is 25.0 Å². The molecule has 0 aromatic heterocycles. The molecule has 0 amide bonds. The summed E-state index contributed by atoms with van der Waals surface area (Å²) in [5, 5.41) is 9.23. The molecular formula is C15H18N2O. The standard InChI is InChI=1S/C15H18N2O/c1-18-13-6-4-5-12(9-16)14(13)17-10-15(11-17)7-2-3-8-15/h4-6H,2-3,7-8,10-11H2,1H3. The van der Waals surface area contributed by atoms with Crippen molar-refractivity contribution < 1.29 is 4.74 Å². The molecule has 1 aromatic carbocycles. The van der Waals surface area contributed by atoms with E-state index in [-0.39, 0.29) is 0 Å². The van der Waals surface area contributed by atoms with E-state index in [0.717, 1.165) is 30.1 Å². The van der Waals surface area contributed by atoms with E-state index in [4.69, 9.17) is 4.74 Å². The van der Waals surface area contributed by atoms with Crippen molar-refractivity contribution in [2.75, 3.05) is 25.1 Å². The average Bonchev–Trinajstić information content (AvgIpc) is 2.85. The van der Waals surface area contributed by atoms with E-state index in [2.05, 4.69) is 11.0 Å². The quantitative estimate of drug-likeness (QED) is 0.800. The molecule has 1 saturated heterocycles. The molecule has 0 atom stereocenters. The van der Waals surface area contributed by atoms with E-state index < -0.39 is 0 Å². The van der Waals surface area contributed by atoms with Gasteiger partial charge in [0.05, 0.1) is 18.4 Å². The topological polar surface area (TPSA) is 36.3 Å². The van der Waals surface area contributed by atoms with Crippen LogP contribution in [0, 0.1) is 16.7 Å². The van der Waals surface area contributed by atoms with Gasteiger partial charge in [0.1, 0.15) is 11.8 Å². The Morgan fingerprint density at radius 1 is 1.28 bits per heavy atom. The van der Waals surface area contributed by atoms with Crippen molar-refractivity contribution in [1.29, 1.82) is 5.26 Å². The second kappa shape index (κ2) is 4.20. The van der Waals surface area contributed by atoms with Crippen LogP contribution < -0.4 is 9.64 Å². The SMILES string of the molecule is COc1cccc(C#N)c1N1CC2(CCCC2)C1. The summed E-state index contributed by atoms with van der Waals surface area (Å²) < 4.78 is 5.40. The highest BCUT2D eigenvalue weighted by atomic mass is 16.5. The lowest BCUT2D eigenvalue weighted by Crippen LogP contribution is -2.55. The zero-order chi connectivity index (χ0) is 12.6. The molecule has 3 heteroatoms. The molecule has 1 saturated carbocycles. The van der Waals surface area contributed by atoms with Crippen molar-refractivity contribution >= 4 is 5.69 Å². The maximum absolute atomic E-state index is 9.23. The van der Waals surface area contributed by atoms with Gasteiger partial charge in [-0.2, -0.15) is 5.26 Å². The first-order valence-corrected chi connectivity index (χ1v) is 6.60. The van der Waals surface area contributed by atoms with Gasteiger partial charge in [0, 0.05) is 18.5 Å². The van der Waals surface area contributed by atoms with Crippen LogP contribution in [0.2, 0.25) is 0 Å². The van der Waals surface area contributed by atoms with E-state index in [1.54, 1.807) is 7.11 Å². The number of nitrogens with zero attached hydrogens (tertiary/aromatic N) is 2. The van der Waals surface area contributed by atoms with Gasteiger partial charge < -0.3 is 9.64 Å². The summed E-state index contributed by atoms with van der Waals surface area (Å²) in [6, 6.07) is 7.97. The Morgan fingerprint density at radius 2 is 2.00 bits per heavy atom. The predicted molar refractivity (Wildman–Crippen MR) is 70.8 cm³/mol. The molecule has 18 heavy (non-hydrogen) atoms. The summed E-state index contributed by atoms with van der Waals surface area (Å²) in [6.45, 7) is 2.17. The fourth-order valence-corrected chi connectivity index (χ4v) is 3.47. The molecule has 0 radical (unpaired) electrons. The van der Waals surface area contributed by atoms with Crippen LogP contribution in [0.15, 0.2) is 18.2 Å². The number of anilines is 1. The Morgan fingerprint density at radius 3 is 2.61 bits per heavy atom. The van der Waals surface area contributed by atoms with Crippen molar-refractivity contribution in [1.82, 2.24) is 0 Å². The summed E-state index contributed by atoms with van der Waals surface area (Å²) >= 11 is 0. The van der Waals surface area contributed by atoms with Gasteiger partial charge in [-0.15, -0.1) is 0 Å². The van der Waals surface area contributed by atoms with Crippen LogP contribution in [-0.4, -0.2) is 20.2 Å². The molecule has 1 heterocycles. The van der Waals surface area contributed by atoms with E-state index in [1.165, 1.54) is 25.7 Å². The number of benzene rings is 1. The summed E-state index contributed by atoms with van der Waals surface area (Å²) in [6.07, 6.45) is 5.43. The summed E-state index contributed by atoms with van der Waals surface area (Å²) in [7, 11) is 1.67. The minimum absolute atomic E-state index is 0.535. The van der Waals surface area contributed by atoms with Crippen LogP contribution in [-0.2, 0) is 0 Å². The Balaban J connectivity index is 1.87. The lowest BCUT2D eigenvalue weighted by molar-refractivity contribution is 0.220. The van der Waals surface area contributed by atoms with E-state index in [9.17, 15) is 5.26 Å². The van der Waals surface area contributed by atoms with Gasteiger partial charge in [0.25, 0.3) is 0 Å². The molecule has 2 aliphatic rings. The number of methoxy groups -OCH3 is 1. The van der Waals surface area contributed by atoms with Crippen LogP contribution in [0.5, 0.6) is 5.75 Å². The fourth-order valence-electron chi connectivity index (χ4n) is 3.47. The molecule has 0 unspecified atom stereocenters. The molecule has 1 aliphatic heterocycles. The monoisotopic (exact) mass is 242 g/mol. The predicted octanol–water partition coefficient (Wildman–Crippen LogP) is 2.95. The van der Waals surface area contributed by atoms with E-state index >= 15 is 0 Å². The Labute approximate surface area is 108 Å². The van der Waals surface area contributed by atoms with E-state index in [1.807, 2.05) is 18.2 Å². The first-order valence-electron chi connectivity index (χ1n) is 6.60. The van der Waals surface area contributed by atoms with Gasteiger partial charge in [0.2, 0.25) is 0 Å². The third kappa shape index (κ3) is 1.64. The normalized spacial score (nSPS) is 20.6. The van der Waals surface area contributed by atoms with E-state index in [0.29, 0.717) is 5.41 Å². The molecular weight excluding hydrogens is 224 g/mol. The number of ether oxygens (including phenoxy) is 1. The molecule has 1 aliphatic carbocycles. The van der Waals surface area contributed by atoms with Crippen LogP contribution >= 0.6 is 0 Å². The van der Waals surface area contributed by atoms with Gasteiger partial charge >= 0.3 is 0 Å². The van der Waals surface area contributed by atoms with Crippen molar-refractivity contribution in [2.24, 2.45) is 5.41 Å². The Kier molecular flexibility index (Phi) is 2.66. The Hall–Kier alpha value is -1.69. The number of nitriles is 1. The number of rotatable bonds is 2.